The molecule has 2 rings (SSSR count). The van der Waals surface area contributed by atoms with Gasteiger partial charge in [0.1, 0.15) is 5.01 Å². The van der Waals surface area contributed by atoms with E-state index in [1.165, 1.54) is 12.8 Å². The first-order valence-electron chi connectivity index (χ1n) is 6.08. The van der Waals surface area contributed by atoms with Gasteiger partial charge in [-0.15, -0.1) is 11.3 Å². The molecular weight excluding hydrogens is 250 g/mol. The number of amidine groups is 1. The highest BCUT2D eigenvalue weighted by atomic mass is 32.2. The second kappa shape index (κ2) is 5.87. The molecule has 1 aromatic rings. The lowest BCUT2D eigenvalue weighted by Crippen LogP contribution is -2.23. The van der Waals surface area contributed by atoms with Crippen molar-refractivity contribution in [3.63, 3.8) is 0 Å². The highest BCUT2D eigenvalue weighted by Crippen LogP contribution is 2.26. The predicted octanol–water partition coefficient (Wildman–Crippen LogP) is 3.37. The van der Waals surface area contributed by atoms with Gasteiger partial charge in [-0.3, -0.25) is 4.99 Å². The van der Waals surface area contributed by atoms with Crippen LogP contribution in [-0.4, -0.2) is 21.9 Å². The monoisotopic (exact) mass is 269 g/mol. The molecule has 0 saturated carbocycles. The second-order valence-corrected chi connectivity index (χ2v) is 6.55. The van der Waals surface area contributed by atoms with Crippen molar-refractivity contribution < 1.29 is 0 Å². The Hall–Kier alpha value is -0.550. The molecule has 0 bridgehead atoms. The van der Waals surface area contributed by atoms with Crippen molar-refractivity contribution in [2.75, 3.05) is 6.54 Å². The van der Waals surface area contributed by atoms with E-state index in [-0.39, 0.29) is 6.04 Å². The number of rotatable bonds is 4. The summed E-state index contributed by atoms with van der Waals surface area (Å²) in [6, 6.07) is 0.264. The molecule has 0 aromatic carbocycles. The zero-order valence-electron chi connectivity index (χ0n) is 10.6. The van der Waals surface area contributed by atoms with Crippen molar-refractivity contribution in [2.24, 2.45) is 4.99 Å². The SMILES string of the molecule is CCCC1CN=C(NC(C)c2nc(C)cs2)S1. The lowest BCUT2D eigenvalue weighted by molar-refractivity contribution is 0.712. The van der Waals surface area contributed by atoms with Crippen LogP contribution >= 0.6 is 23.1 Å². The third kappa shape index (κ3) is 3.45. The molecule has 94 valence electrons. The molecule has 0 radical (unpaired) electrons. The normalized spacial score (nSPS) is 21.4. The van der Waals surface area contributed by atoms with Gasteiger partial charge in [-0.25, -0.2) is 4.98 Å². The number of hydrogen-bond acceptors (Lipinski definition) is 5. The number of aryl methyl sites for hydroxylation is 1. The molecule has 0 amide bonds. The number of aromatic nitrogens is 1. The molecule has 2 unspecified atom stereocenters. The smallest absolute Gasteiger partial charge is 0.157 e. The van der Waals surface area contributed by atoms with Crippen molar-refractivity contribution in [1.29, 1.82) is 0 Å². The third-order valence-electron chi connectivity index (χ3n) is 2.67. The minimum absolute atomic E-state index is 0.264. The third-order valence-corrected chi connectivity index (χ3v) is 5.01. The molecule has 2 atom stereocenters. The van der Waals surface area contributed by atoms with E-state index in [0.717, 1.165) is 22.4 Å². The summed E-state index contributed by atoms with van der Waals surface area (Å²) >= 11 is 3.59. The van der Waals surface area contributed by atoms with E-state index >= 15 is 0 Å². The summed E-state index contributed by atoms with van der Waals surface area (Å²) in [5.41, 5.74) is 1.10. The number of nitrogens with zero attached hydrogens (tertiary/aromatic N) is 2. The first-order valence-corrected chi connectivity index (χ1v) is 7.84. The predicted molar refractivity (Wildman–Crippen MR) is 77.0 cm³/mol. The quantitative estimate of drug-likeness (QED) is 0.910. The van der Waals surface area contributed by atoms with Crippen molar-refractivity contribution in [3.8, 4) is 0 Å². The first kappa shape index (κ1) is 12.9. The minimum Gasteiger partial charge on any atom is -0.356 e. The van der Waals surface area contributed by atoms with Gasteiger partial charge >= 0.3 is 0 Å². The van der Waals surface area contributed by atoms with Gasteiger partial charge in [-0.1, -0.05) is 25.1 Å². The van der Waals surface area contributed by atoms with Crippen LogP contribution in [0.15, 0.2) is 10.4 Å². The van der Waals surface area contributed by atoms with Crippen LogP contribution in [0.2, 0.25) is 0 Å². The molecule has 0 aliphatic carbocycles. The first-order chi connectivity index (χ1) is 8.19. The van der Waals surface area contributed by atoms with Crippen LogP contribution in [0.3, 0.4) is 0 Å². The Labute approximate surface area is 111 Å². The minimum atomic E-state index is 0.264. The Morgan fingerprint density at radius 2 is 2.41 bits per heavy atom. The summed E-state index contributed by atoms with van der Waals surface area (Å²) < 4.78 is 0. The number of thioether (sulfide) groups is 1. The van der Waals surface area contributed by atoms with E-state index in [1.54, 1.807) is 11.3 Å². The van der Waals surface area contributed by atoms with E-state index < -0.39 is 0 Å². The molecule has 1 aliphatic heterocycles. The van der Waals surface area contributed by atoms with E-state index in [1.807, 2.05) is 18.7 Å². The van der Waals surface area contributed by atoms with Crippen LogP contribution in [0.25, 0.3) is 0 Å². The van der Waals surface area contributed by atoms with Gasteiger partial charge in [-0.05, 0) is 20.3 Å². The Morgan fingerprint density at radius 3 is 3.06 bits per heavy atom. The summed E-state index contributed by atoms with van der Waals surface area (Å²) in [5, 5.41) is 8.46. The Balaban J connectivity index is 1.86. The number of aliphatic imine (C=N–C) groups is 1. The summed E-state index contributed by atoms with van der Waals surface area (Å²) in [4.78, 5) is 9.05. The van der Waals surface area contributed by atoms with Crippen LogP contribution in [0.1, 0.15) is 43.4 Å². The van der Waals surface area contributed by atoms with E-state index in [2.05, 4.69) is 34.5 Å². The zero-order valence-corrected chi connectivity index (χ0v) is 12.2. The van der Waals surface area contributed by atoms with Crippen molar-refractivity contribution in [3.05, 3.63) is 16.1 Å². The average molecular weight is 269 g/mol. The largest absolute Gasteiger partial charge is 0.356 e. The van der Waals surface area contributed by atoms with Crippen molar-refractivity contribution in [1.82, 2.24) is 10.3 Å². The highest BCUT2D eigenvalue weighted by molar-refractivity contribution is 8.14. The van der Waals surface area contributed by atoms with Crippen LogP contribution in [0.4, 0.5) is 0 Å². The van der Waals surface area contributed by atoms with Crippen molar-refractivity contribution in [2.45, 2.75) is 44.9 Å². The molecule has 2 heterocycles. The molecule has 0 saturated heterocycles. The number of hydrogen-bond donors (Lipinski definition) is 1. The summed E-state index contributed by atoms with van der Waals surface area (Å²) in [5.74, 6) is 0. The molecule has 1 aliphatic rings. The lowest BCUT2D eigenvalue weighted by Gasteiger charge is -2.12. The Morgan fingerprint density at radius 1 is 1.59 bits per heavy atom. The van der Waals surface area contributed by atoms with Gasteiger partial charge in [0.05, 0.1) is 12.6 Å². The lowest BCUT2D eigenvalue weighted by atomic mass is 10.2. The average Bonchev–Trinajstić information content (AvgIpc) is 2.88. The van der Waals surface area contributed by atoms with Crippen LogP contribution < -0.4 is 5.32 Å². The van der Waals surface area contributed by atoms with Crippen LogP contribution in [0.5, 0.6) is 0 Å². The summed E-state index contributed by atoms with van der Waals surface area (Å²) in [6.45, 7) is 7.37. The molecular formula is C12H19N3S2. The number of nitrogens with one attached hydrogen (secondary N) is 1. The van der Waals surface area contributed by atoms with Crippen molar-refractivity contribution >= 4 is 28.3 Å². The second-order valence-electron chi connectivity index (χ2n) is 4.37. The molecule has 1 N–H and O–H groups in total. The molecule has 1 aromatic heterocycles. The molecule has 5 heteroatoms. The summed E-state index contributed by atoms with van der Waals surface area (Å²) in [6.07, 6.45) is 2.49. The Kier molecular flexibility index (Phi) is 4.45. The maximum absolute atomic E-state index is 4.55. The van der Waals surface area contributed by atoms with E-state index in [9.17, 15) is 0 Å². The van der Waals surface area contributed by atoms with Gasteiger partial charge in [0.15, 0.2) is 5.17 Å². The van der Waals surface area contributed by atoms with Gasteiger partial charge in [-0.2, -0.15) is 0 Å². The van der Waals surface area contributed by atoms with Gasteiger partial charge in [0.25, 0.3) is 0 Å². The highest BCUT2D eigenvalue weighted by Gasteiger charge is 2.20. The molecule has 0 spiro atoms. The standard InChI is InChI=1S/C12H19N3S2/c1-4-5-10-6-13-12(17-10)15-9(3)11-14-8(2)7-16-11/h7,9-10H,4-6H2,1-3H3,(H,13,15). The fraction of sp³-hybridized carbons (Fsp3) is 0.667. The number of thiazole rings is 1. The van der Waals surface area contributed by atoms with E-state index in [4.69, 9.17) is 0 Å². The molecule has 0 fully saturated rings. The zero-order chi connectivity index (χ0) is 12.3. The fourth-order valence-corrected chi connectivity index (χ4v) is 3.80. The van der Waals surface area contributed by atoms with Gasteiger partial charge in [0.2, 0.25) is 0 Å². The van der Waals surface area contributed by atoms with Gasteiger partial charge < -0.3 is 5.32 Å². The fourth-order valence-electron chi connectivity index (χ4n) is 1.79. The Bertz CT molecular complexity index is 400. The van der Waals surface area contributed by atoms with Crippen LogP contribution in [0, 0.1) is 6.92 Å². The maximum Gasteiger partial charge on any atom is 0.157 e. The molecule has 3 nitrogen and oxygen atoms in total. The van der Waals surface area contributed by atoms with Crippen LogP contribution in [-0.2, 0) is 0 Å². The summed E-state index contributed by atoms with van der Waals surface area (Å²) in [7, 11) is 0. The maximum atomic E-state index is 4.55. The van der Waals surface area contributed by atoms with E-state index in [0.29, 0.717) is 5.25 Å². The molecule has 17 heavy (non-hydrogen) atoms. The topological polar surface area (TPSA) is 37.3 Å². The van der Waals surface area contributed by atoms with Gasteiger partial charge in [0, 0.05) is 16.3 Å².